The SMILES string of the molecule is COc1ccc([N+](=O)[O-])cc1C(=O)NCC(N)c1ccc(C(C)C)cc1. The molecule has 0 aliphatic rings. The Kier molecular flexibility index (Phi) is 6.30. The first-order valence-corrected chi connectivity index (χ1v) is 8.29. The number of nitro groups is 1. The quantitative estimate of drug-likeness (QED) is 0.584. The van der Waals surface area contributed by atoms with Crippen molar-refractivity contribution in [2.75, 3.05) is 13.7 Å². The molecule has 0 fully saturated rings. The zero-order valence-electron chi connectivity index (χ0n) is 15.1. The smallest absolute Gasteiger partial charge is 0.270 e. The lowest BCUT2D eigenvalue weighted by Crippen LogP contribution is -2.32. The first-order chi connectivity index (χ1) is 12.3. The first kappa shape index (κ1) is 19.4. The fraction of sp³-hybridized carbons (Fsp3) is 0.316. The third kappa shape index (κ3) is 4.58. The molecule has 7 nitrogen and oxygen atoms in total. The molecule has 0 heterocycles. The van der Waals surface area contributed by atoms with Crippen LogP contribution >= 0.6 is 0 Å². The van der Waals surface area contributed by atoms with E-state index in [1.54, 1.807) is 0 Å². The minimum Gasteiger partial charge on any atom is -0.496 e. The summed E-state index contributed by atoms with van der Waals surface area (Å²) in [6, 6.07) is 11.4. The van der Waals surface area contributed by atoms with Crippen LogP contribution in [0.1, 0.15) is 47.3 Å². The Bertz CT molecular complexity index is 788. The topological polar surface area (TPSA) is 107 Å². The molecule has 2 rings (SSSR count). The summed E-state index contributed by atoms with van der Waals surface area (Å²) in [6.07, 6.45) is 0. The number of nitrogens with zero attached hydrogens (tertiary/aromatic N) is 1. The van der Waals surface area contributed by atoms with Crippen LogP contribution in [0.5, 0.6) is 5.75 Å². The number of non-ortho nitro benzene ring substituents is 1. The lowest BCUT2D eigenvalue weighted by atomic mass is 9.99. The van der Waals surface area contributed by atoms with Gasteiger partial charge in [0.05, 0.1) is 17.6 Å². The van der Waals surface area contributed by atoms with E-state index in [9.17, 15) is 14.9 Å². The summed E-state index contributed by atoms with van der Waals surface area (Å²) >= 11 is 0. The van der Waals surface area contributed by atoms with Crippen LogP contribution in [-0.4, -0.2) is 24.5 Å². The molecule has 0 saturated carbocycles. The molecule has 0 bridgehead atoms. The molecule has 1 atom stereocenters. The van der Waals surface area contributed by atoms with Gasteiger partial charge in [-0.05, 0) is 23.1 Å². The normalized spacial score (nSPS) is 11.9. The highest BCUT2D eigenvalue weighted by atomic mass is 16.6. The Hall–Kier alpha value is -2.93. The summed E-state index contributed by atoms with van der Waals surface area (Å²) in [4.78, 5) is 22.8. The number of amides is 1. The van der Waals surface area contributed by atoms with Crippen LogP contribution in [0.3, 0.4) is 0 Å². The van der Waals surface area contributed by atoms with Crippen molar-refractivity contribution >= 4 is 11.6 Å². The summed E-state index contributed by atoms with van der Waals surface area (Å²) in [7, 11) is 1.40. The van der Waals surface area contributed by atoms with Gasteiger partial charge in [-0.1, -0.05) is 38.1 Å². The predicted octanol–water partition coefficient (Wildman–Crippen LogP) is 3.16. The van der Waals surface area contributed by atoms with E-state index in [0.29, 0.717) is 5.92 Å². The second-order valence-electron chi connectivity index (χ2n) is 6.28. The van der Waals surface area contributed by atoms with E-state index < -0.39 is 10.8 Å². The maximum Gasteiger partial charge on any atom is 0.270 e. The summed E-state index contributed by atoms with van der Waals surface area (Å²) in [5, 5.41) is 13.6. The van der Waals surface area contributed by atoms with Crippen LogP contribution in [0.25, 0.3) is 0 Å². The molecule has 0 radical (unpaired) electrons. The molecule has 0 aliphatic carbocycles. The van der Waals surface area contributed by atoms with Crippen LogP contribution in [0.15, 0.2) is 42.5 Å². The molecule has 0 saturated heterocycles. The molecule has 2 aromatic carbocycles. The zero-order chi connectivity index (χ0) is 19.3. The Balaban J connectivity index is 2.08. The molecule has 3 N–H and O–H groups in total. The van der Waals surface area contributed by atoms with E-state index in [0.717, 1.165) is 5.56 Å². The summed E-state index contributed by atoms with van der Waals surface area (Å²) in [5.74, 6) is 0.226. The summed E-state index contributed by atoms with van der Waals surface area (Å²) < 4.78 is 5.11. The fourth-order valence-electron chi connectivity index (χ4n) is 2.53. The lowest BCUT2D eigenvalue weighted by Gasteiger charge is -2.15. The number of carbonyl (C=O) groups is 1. The number of hydrogen-bond acceptors (Lipinski definition) is 5. The first-order valence-electron chi connectivity index (χ1n) is 8.29. The number of benzene rings is 2. The maximum atomic E-state index is 12.4. The monoisotopic (exact) mass is 357 g/mol. The van der Waals surface area contributed by atoms with Crippen LogP contribution in [-0.2, 0) is 0 Å². The van der Waals surface area contributed by atoms with Gasteiger partial charge in [0, 0.05) is 24.7 Å². The molecule has 138 valence electrons. The van der Waals surface area contributed by atoms with Crippen molar-refractivity contribution in [3.63, 3.8) is 0 Å². The number of methoxy groups -OCH3 is 1. The van der Waals surface area contributed by atoms with Crippen molar-refractivity contribution in [1.29, 1.82) is 0 Å². The molecule has 2 aromatic rings. The number of nitro benzene ring substituents is 1. The van der Waals surface area contributed by atoms with Gasteiger partial charge in [-0.2, -0.15) is 0 Å². The van der Waals surface area contributed by atoms with E-state index in [1.165, 1.54) is 30.9 Å². The molecular weight excluding hydrogens is 334 g/mol. The van der Waals surface area contributed by atoms with Crippen molar-refractivity contribution in [1.82, 2.24) is 5.32 Å². The van der Waals surface area contributed by atoms with Gasteiger partial charge in [-0.15, -0.1) is 0 Å². The van der Waals surface area contributed by atoms with Crippen LogP contribution in [0.4, 0.5) is 5.69 Å². The number of carbonyl (C=O) groups excluding carboxylic acids is 1. The third-order valence-electron chi connectivity index (χ3n) is 4.15. The van der Waals surface area contributed by atoms with Crippen molar-refractivity contribution in [2.24, 2.45) is 5.73 Å². The summed E-state index contributed by atoms with van der Waals surface area (Å²) in [5.41, 5.74) is 8.18. The largest absolute Gasteiger partial charge is 0.496 e. The van der Waals surface area contributed by atoms with Gasteiger partial charge >= 0.3 is 0 Å². The number of nitrogens with one attached hydrogen (secondary N) is 1. The van der Waals surface area contributed by atoms with E-state index >= 15 is 0 Å². The fourth-order valence-corrected chi connectivity index (χ4v) is 2.53. The van der Waals surface area contributed by atoms with Gasteiger partial charge in [-0.3, -0.25) is 14.9 Å². The van der Waals surface area contributed by atoms with Crippen LogP contribution in [0.2, 0.25) is 0 Å². The van der Waals surface area contributed by atoms with Crippen molar-refractivity contribution in [3.05, 3.63) is 69.3 Å². The standard InChI is InChI=1S/C19H23N3O4/c1-12(2)13-4-6-14(7-5-13)17(20)11-21-19(23)16-10-15(22(24)25)8-9-18(16)26-3/h4-10,12,17H,11,20H2,1-3H3,(H,21,23). The molecule has 1 unspecified atom stereocenters. The van der Waals surface area contributed by atoms with Gasteiger partial charge in [-0.25, -0.2) is 0 Å². The average molecular weight is 357 g/mol. The molecule has 0 aliphatic heterocycles. The lowest BCUT2D eigenvalue weighted by molar-refractivity contribution is -0.384. The van der Waals surface area contributed by atoms with Crippen LogP contribution < -0.4 is 15.8 Å². The molecular formula is C19H23N3O4. The third-order valence-corrected chi connectivity index (χ3v) is 4.15. The number of ether oxygens (including phenoxy) is 1. The van der Waals surface area contributed by atoms with E-state index in [-0.39, 0.29) is 29.6 Å². The van der Waals surface area contributed by atoms with E-state index in [1.807, 2.05) is 24.3 Å². The van der Waals surface area contributed by atoms with Gasteiger partial charge in [0.15, 0.2) is 0 Å². The van der Waals surface area contributed by atoms with Crippen molar-refractivity contribution in [2.45, 2.75) is 25.8 Å². The van der Waals surface area contributed by atoms with Gasteiger partial charge in [0.25, 0.3) is 11.6 Å². The Morgan fingerprint density at radius 3 is 2.35 bits per heavy atom. The van der Waals surface area contributed by atoms with E-state index in [2.05, 4.69) is 19.2 Å². The molecule has 0 aromatic heterocycles. The highest BCUT2D eigenvalue weighted by Crippen LogP contribution is 2.24. The minimum atomic E-state index is -0.557. The van der Waals surface area contributed by atoms with E-state index in [4.69, 9.17) is 10.5 Å². The average Bonchev–Trinajstić information content (AvgIpc) is 2.65. The molecule has 1 amide bonds. The Morgan fingerprint density at radius 1 is 1.19 bits per heavy atom. The summed E-state index contributed by atoms with van der Waals surface area (Å²) in [6.45, 7) is 4.43. The molecule has 26 heavy (non-hydrogen) atoms. The second kappa shape index (κ2) is 8.44. The minimum absolute atomic E-state index is 0.101. The maximum absolute atomic E-state index is 12.4. The molecule has 0 spiro atoms. The number of rotatable bonds is 7. The highest BCUT2D eigenvalue weighted by Gasteiger charge is 2.18. The van der Waals surface area contributed by atoms with Gasteiger partial charge < -0.3 is 15.8 Å². The second-order valence-corrected chi connectivity index (χ2v) is 6.28. The van der Waals surface area contributed by atoms with Crippen LogP contribution in [0, 0.1) is 10.1 Å². The zero-order valence-corrected chi connectivity index (χ0v) is 15.1. The number of nitrogens with two attached hydrogens (primary N) is 1. The van der Waals surface area contributed by atoms with Crippen molar-refractivity contribution in [3.8, 4) is 5.75 Å². The Labute approximate surface area is 152 Å². The Morgan fingerprint density at radius 2 is 1.81 bits per heavy atom. The van der Waals surface area contributed by atoms with Gasteiger partial charge in [0.2, 0.25) is 0 Å². The number of hydrogen-bond donors (Lipinski definition) is 2. The molecule has 7 heteroatoms. The predicted molar refractivity (Wildman–Crippen MR) is 99.4 cm³/mol. The van der Waals surface area contributed by atoms with Gasteiger partial charge in [0.1, 0.15) is 5.75 Å². The highest BCUT2D eigenvalue weighted by molar-refractivity contribution is 5.97. The van der Waals surface area contributed by atoms with Crippen molar-refractivity contribution < 1.29 is 14.5 Å².